The van der Waals surface area contributed by atoms with Gasteiger partial charge in [0, 0.05) is 19.3 Å². The summed E-state index contributed by atoms with van der Waals surface area (Å²) in [4.78, 5) is 38.0. The molecule has 0 aliphatic heterocycles. The molecule has 0 aromatic heterocycles. The molecule has 0 aliphatic carbocycles. The van der Waals surface area contributed by atoms with Gasteiger partial charge in [-0.2, -0.15) is 0 Å². The van der Waals surface area contributed by atoms with Gasteiger partial charge in [0.25, 0.3) is 0 Å². The van der Waals surface area contributed by atoms with Crippen molar-refractivity contribution < 1.29 is 28.6 Å². The van der Waals surface area contributed by atoms with Gasteiger partial charge in [-0.1, -0.05) is 275 Å². The molecule has 0 saturated heterocycles. The average molecular weight is 911 g/mol. The normalized spacial score (nSPS) is 12.4. The van der Waals surface area contributed by atoms with Crippen LogP contribution in [0, 0.1) is 0 Å². The smallest absolute Gasteiger partial charge is 0.306 e. The van der Waals surface area contributed by atoms with Gasteiger partial charge in [-0.05, 0) is 44.9 Å². The largest absolute Gasteiger partial charge is 0.462 e. The molecule has 0 N–H and O–H groups in total. The highest BCUT2D eigenvalue weighted by Crippen LogP contribution is 2.17. The Kier molecular flexibility index (Phi) is 51.8. The van der Waals surface area contributed by atoms with Crippen molar-refractivity contribution in [2.24, 2.45) is 0 Å². The number of esters is 3. The first-order chi connectivity index (χ1) is 32.0. The lowest BCUT2D eigenvalue weighted by molar-refractivity contribution is -0.166. The molecule has 0 rings (SSSR count). The van der Waals surface area contributed by atoms with E-state index in [1.165, 1.54) is 180 Å². The molecule has 378 valence electrons. The van der Waals surface area contributed by atoms with E-state index >= 15 is 0 Å². The number of ether oxygens (including phenoxy) is 3. The summed E-state index contributed by atoms with van der Waals surface area (Å²) in [7, 11) is 0. The van der Waals surface area contributed by atoms with Gasteiger partial charge in [0.1, 0.15) is 13.2 Å². The second-order valence-corrected chi connectivity index (χ2v) is 18.8. The van der Waals surface area contributed by atoms with Crippen LogP contribution in [-0.4, -0.2) is 37.2 Å². The van der Waals surface area contributed by atoms with Crippen molar-refractivity contribution in [1.82, 2.24) is 0 Å². The predicted molar refractivity (Wildman–Crippen MR) is 279 cm³/mol. The van der Waals surface area contributed by atoms with E-state index in [0.717, 1.165) is 64.2 Å². The fraction of sp³-hybridized carbons (Fsp3) is 0.814. The summed E-state index contributed by atoms with van der Waals surface area (Å²) in [5.41, 5.74) is 0. The summed E-state index contributed by atoms with van der Waals surface area (Å²) in [6.07, 6.45) is 65.5. The highest BCUT2D eigenvalue weighted by Gasteiger charge is 2.19. The van der Waals surface area contributed by atoms with E-state index in [2.05, 4.69) is 63.3 Å². The third-order valence-corrected chi connectivity index (χ3v) is 12.4. The SMILES string of the molecule is CC/C=C\C/C=C\C/C=C\C/C=C\CCC(=O)OCC(COC(=O)CCCCCCCCCCCCCCCCCCCC)OC(=O)CCCCCCCCCCCCCCCCCC. The van der Waals surface area contributed by atoms with Crippen molar-refractivity contribution in [3.05, 3.63) is 48.6 Å². The van der Waals surface area contributed by atoms with Gasteiger partial charge in [0.05, 0.1) is 0 Å². The van der Waals surface area contributed by atoms with E-state index in [4.69, 9.17) is 14.2 Å². The predicted octanol–water partition coefficient (Wildman–Crippen LogP) is 18.7. The minimum absolute atomic E-state index is 0.0905. The highest BCUT2D eigenvalue weighted by molar-refractivity contribution is 5.71. The Balaban J connectivity index is 4.37. The van der Waals surface area contributed by atoms with Crippen LogP contribution in [0.15, 0.2) is 48.6 Å². The average Bonchev–Trinajstić information content (AvgIpc) is 3.30. The quantitative estimate of drug-likeness (QED) is 0.0262. The van der Waals surface area contributed by atoms with E-state index in [9.17, 15) is 14.4 Å². The Bertz CT molecular complexity index is 1140. The molecule has 0 radical (unpaired) electrons. The second-order valence-electron chi connectivity index (χ2n) is 18.8. The molecular weight excluding hydrogens is 805 g/mol. The van der Waals surface area contributed by atoms with Crippen LogP contribution in [0.2, 0.25) is 0 Å². The number of carbonyl (C=O) groups is 3. The number of unbranched alkanes of at least 4 members (excludes halogenated alkanes) is 32. The van der Waals surface area contributed by atoms with Gasteiger partial charge in [0.15, 0.2) is 6.10 Å². The molecular formula is C59H106O6. The third kappa shape index (κ3) is 52.2. The summed E-state index contributed by atoms with van der Waals surface area (Å²) in [5, 5.41) is 0. The van der Waals surface area contributed by atoms with Crippen molar-refractivity contribution in [1.29, 1.82) is 0 Å². The van der Waals surface area contributed by atoms with E-state index in [1.807, 2.05) is 6.08 Å². The number of carbonyl (C=O) groups excluding carboxylic acids is 3. The molecule has 0 aromatic carbocycles. The minimum Gasteiger partial charge on any atom is -0.462 e. The van der Waals surface area contributed by atoms with Crippen LogP contribution in [0.1, 0.15) is 290 Å². The summed E-state index contributed by atoms with van der Waals surface area (Å²) in [5.74, 6) is -0.960. The molecule has 6 nitrogen and oxygen atoms in total. The molecule has 6 heteroatoms. The Morgan fingerprint density at radius 2 is 0.600 bits per heavy atom. The van der Waals surface area contributed by atoms with Gasteiger partial charge in [-0.3, -0.25) is 14.4 Å². The Morgan fingerprint density at radius 3 is 0.938 bits per heavy atom. The molecule has 0 aromatic rings. The lowest BCUT2D eigenvalue weighted by Crippen LogP contribution is -2.30. The topological polar surface area (TPSA) is 78.9 Å². The molecule has 1 unspecified atom stereocenters. The molecule has 65 heavy (non-hydrogen) atoms. The van der Waals surface area contributed by atoms with Crippen LogP contribution >= 0.6 is 0 Å². The molecule has 0 heterocycles. The number of hydrogen-bond donors (Lipinski definition) is 0. The Morgan fingerprint density at radius 1 is 0.323 bits per heavy atom. The van der Waals surface area contributed by atoms with Crippen LogP contribution in [-0.2, 0) is 28.6 Å². The zero-order chi connectivity index (χ0) is 47.2. The van der Waals surface area contributed by atoms with E-state index in [0.29, 0.717) is 19.3 Å². The summed E-state index contributed by atoms with van der Waals surface area (Å²) in [6, 6.07) is 0. The lowest BCUT2D eigenvalue weighted by atomic mass is 10.0. The number of hydrogen-bond acceptors (Lipinski definition) is 6. The van der Waals surface area contributed by atoms with Crippen molar-refractivity contribution in [3.8, 4) is 0 Å². The van der Waals surface area contributed by atoms with Crippen LogP contribution in [0.5, 0.6) is 0 Å². The Labute approximate surface area is 403 Å². The maximum atomic E-state index is 12.8. The van der Waals surface area contributed by atoms with E-state index in [1.54, 1.807) is 0 Å². The minimum atomic E-state index is -0.797. The zero-order valence-electron chi connectivity index (χ0n) is 43.3. The number of allylic oxidation sites excluding steroid dienone is 8. The van der Waals surface area contributed by atoms with Crippen molar-refractivity contribution in [3.63, 3.8) is 0 Å². The fourth-order valence-electron chi connectivity index (χ4n) is 8.16. The van der Waals surface area contributed by atoms with E-state index in [-0.39, 0.29) is 37.5 Å². The molecule has 0 bridgehead atoms. The van der Waals surface area contributed by atoms with Crippen molar-refractivity contribution in [2.45, 2.75) is 297 Å². The molecule has 0 saturated carbocycles. The fourth-order valence-corrected chi connectivity index (χ4v) is 8.16. The molecule has 0 aliphatic rings. The monoisotopic (exact) mass is 911 g/mol. The standard InChI is InChI=1S/C59H106O6/c1-4-7-10-13-16-19-22-25-27-29-30-32-34-37-40-43-46-49-52-58(61)64-55-56(54-63-57(60)51-48-45-42-39-36-33-24-21-18-15-12-9-6-3)65-59(62)53-50-47-44-41-38-35-31-28-26-23-20-17-14-11-8-5-2/h9,12,18,21,33,36,42,45,56H,4-8,10-11,13-17,19-20,22-32,34-35,37-41,43-44,46-55H2,1-3H3/b12-9-,21-18-,36-33-,45-42-. The van der Waals surface area contributed by atoms with Gasteiger partial charge < -0.3 is 14.2 Å². The molecule has 1 atom stereocenters. The maximum absolute atomic E-state index is 12.8. The zero-order valence-corrected chi connectivity index (χ0v) is 43.3. The first-order valence-corrected chi connectivity index (χ1v) is 28.1. The van der Waals surface area contributed by atoms with Gasteiger partial charge in [-0.15, -0.1) is 0 Å². The summed E-state index contributed by atoms with van der Waals surface area (Å²) in [6.45, 7) is 6.50. The van der Waals surface area contributed by atoms with Crippen molar-refractivity contribution in [2.75, 3.05) is 13.2 Å². The summed E-state index contributed by atoms with van der Waals surface area (Å²) < 4.78 is 16.8. The molecule has 0 spiro atoms. The van der Waals surface area contributed by atoms with Crippen LogP contribution in [0.3, 0.4) is 0 Å². The lowest BCUT2D eigenvalue weighted by Gasteiger charge is -2.18. The van der Waals surface area contributed by atoms with Crippen LogP contribution in [0.25, 0.3) is 0 Å². The summed E-state index contributed by atoms with van der Waals surface area (Å²) >= 11 is 0. The third-order valence-electron chi connectivity index (χ3n) is 12.4. The Hall–Kier alpha value is -2.63. The van der Waals surface area contributed by atoms with E-state index < -0.39 is 6.10 Å². The van der Waals surface area contributed by atoms with Gasteiger partial charge in [-0.25, -0.2) is 0 Å². The molecule has 0 fully saturated rings. The van der Waals surface area contributed by atoms with Crippen molar-refractivity contribution >= 4 is 17.9 Å². The van der Waals surface area contributed by atoms with Crippen LogP contribution in [0.4, 0.5) is 0 Å². The maximum Gasteiger partial charge on any atom is 0.306 e. The van der Waals surface area contributed by atoms with Crippen LogP contribution < -0.4 is 0 Å². The number of rotatable bonds is 51. The first kappa shape index (κ1) is 62.4. The highest BCUT2D eigenvalue weighted by atomic mass is 16.6. The first-order valence-electron chi connectivity index (χ1n) is 28.1. The van der Waals surface area contributed by atoms with Gasteiger partial charge in [0.2, 0.25) is 0 Å². The molecule has 0 amide bonds. The van der Waals surface area contributed by atoms with Gasteiger partial charge >= 0.3 is 17.9 Å². The second kappa shape index (κ2) is 54.0.